The summed E-state index contributed by atoms with van der Waals surface area (Å²) in [4.78, 5) is 2.04. The van der Waals surface area contributed by atoms with Gasteiger partial charge in [0.05, 0.1) is 12.7 Å². The van der Waals surface area contributed by atoms with E-state index < -0.39 is 6.10 Å². The number of anilines is 1. The van der Waals surface area contributed by atoms with E-state index in [1.807, 2.05) is 11.9 Å². The molecule has 0 saturated carbocycles. The van der Waals surface area contributed by atoms with E-state index in [1.165, 1.54) is 5.56 Å². The standard InChI is InChI=1S/C16H28N2O2/c1-5-16(17-6-2)13-7-9-14(10-8-13)18(3)11-15(19)12-20-4/h7-10,15-17,19H,5-6,11-12H2,1-4H3. The van der Waals surface area contributed by atoms with Gasteiger partial charge < -0.3 is 20.1 Å². The Morgan fingerprint density at radius 1 is 1.25 bits per heavy atom. The van der Waals surface area contributed by atoms with Crippen LogP contribution in [0.15, 0.2) is 24.3 Å². The van der Waals surface area contributed by atoms with Gasteiger partial charge in [-0.15, -0.1) is 0 Å². The van der Waals surface area contributed by atoms with Crippen LogP contribution >= 0.6 is 0 Å². The minimum atomic E-state index is -0.463. The molecule has 4 nitrogen and oxygen atoms in total. The first-order chi connectivity index (χ1) is 9.62. The fourth-order valence-electron chi connectivity index (χ4n) is 2.37. The van der Waals surface area contributed by atoms with Gasteiger partial charge >= 0.3 is 0 Å². The number of aliphatic hydroxyl groups excluding tert-OH is 1. The third-order valence-corrected chi connectivity index (χ3v) is 3.44. The molecule has 1 aromatic carbocycles. The van der Waals surface area contributed by atoms with Gasteiger partial charge in [-0.25, -0.2) is 0 Å². The third kappa shape index (κ3) is 5.12. The molecule has 0 spiro atoms. The number of rotatable bonds is 9. The number of nitrogens with one attached hydrogen (secondary N) is 1. The molecular formula is C16H28N2O2. The highest BCUT2D eigenvalue weighted by atomic mass is 16.5. The van der Waals surface area contributed by atoms with Crippen molar-refractivity contribution in [3.8, 4) is 0 Å². The van der Waals surface area contributed by atoms with Crippen LogP contribution in [0.5, 0.6) is 0 Å². The lowest BCUT2D eigenvalue weighted by molar-refractivity contribution is 0.0695. The molecule has 0 aliphatic carbocycles. The largest absolute Gasteiger partial charge is 0.389 e. The molecule has 2 N–H and O–H groups in total. The van der Waals surface area contributed by atoms with E-state index >= 15 is 0 Å². The van der Waals surface area contributed by atoms with Gasteiger partial charge in [-0.2, -0.15) is 0 Å². The molecule has 2 atom stereocenters. The summed E-state index contributed by atoms with van der Waals surface area (Å²) in [5, 5.41) is 13.2. The monoisotopic (exact) mass is 280 g/mol. The average molecular weight is 280 g/mol. The smallest absolute Gasteiger partial charge is 0.0947 e. The molecule has 2 unspecified atom stereocenters. The highest BCUT2D eigenvalue weighted by Crippen LogP contribution is 2.20. The first-order valence-electron chi connectivity index (χ1n) is 7.33. The molecule has 0 aliphatic rings. The minimum absolute atomic E-state index is 0.362. The van der Waals surface area contributed by atoms with E-state index in [9.17, 15) is 5.11 Å². The lowest BCUT2D eigenvalue weighted by Gasteiger charge is -2.23. The minimum Gasteiger partial charge on any atom is -0.389 e. The van der Waals surface area contributed by atoms with Crippen LogP contribution in [-0.4, -0.2) is 45.1 Å². The molecule has 20 heavy (non-hydrogen) atoms. The van der Waals surface area contributed by atoms with Crippen molar-refractivity contribution in [2.24, 2.45) is 0 Å². The molecule has 0 saturated heterocycles. The van der Waals surface area contributed by atoms with Crippen molar-refractivity contribution in [2.75, 3.05) is 38.8 Å². The van der Waals surface area contributed by atoms with Gasteiger partial charge in [0.25, 0.3) is 0 Å². The van der Waals surface area contributed by atoms with Gasteiger partial charge in [0.15, 0.2) is 0 Å². The Labute approximate surface area is 122 Å². The normalized spacial score (nSPS) is 14.1. The summed E-state index contributed by atoms with van der Waals surface area (Å²) in [5.74, 6) is 0. The van der Waals surface area contributed by atoms with Crippen molar-refractivity contribution in [1.82, 2.24) is 5.32 Å². The van der Waals surface area contributed by atoms with Crippen LogP contribution in [0.2, 0.25) is 0 Å². The van der Waals surface area contributed by atoms with Gasteiger partial charge in [-0.05, 0) is 30.7 Å². The fraction of sp³-hybridized carbons (Fsp3) is 0.625. The molecule has 0 amide bonds. The summed E-state index contributed by atoms with van der Waals surface area (Å²) >= 11 is 0. The highest BCUT2D eigenvalue weighted by molar-refractivity contribution is 5.47. The molecule has 0 aromatic heterocycles. The predicted octanol–water partition coefficient (Wildman–Crippen LogP) is 2.19. The summed E-state index contributed by atoms with van der Waals surface area (Å²) in [7, 11) is 3.58. The van der Waals surface area contributed by atoms with Crippen molar-refractivity contribution < 1.29 is 9.84 Å². The maximum atomic E-state index is 9.76. The van der Waals surface area contributed by atoms with Gasteiger partial charge in [-0.1, -0.05) is 26.0 Å². The molecule has 1 aromatic rings. The van der Waals surface area contributed by atoms with Gasteiger partial charge in [0.1, 0.15) is 0 Å². The first kappa shape index (κ1) is 17.0. The van der Waals surface area contributed by atoms with Crippen LogP contribution in [-0.2, 0) is 4.74 Å². The summed E-state index contributed by atoms with van der Waals surface area (Å²) in [6.45, 7) is 6.22. The number of hydrogen-bond acceptors (Lipinski definition) is 4. The summed E-state index contributed by atoms with van der Waals surface area (Å²) in [5.41, 5.74) is 2.42. The Morgan fingerprint density at radius 3 is 2.40 bits per heavy atom. The summed E-state index contributed by atoms with van der Waals surface area (Å²) < 4.78 is 4.95. The lowest BCUT2D eigenvalue weighted by Crippen LogP contribution is -2.31. The van der Waals surface area contributed by atoms with Crippen molar-refractivity contribution in [2.45, 2.75) is 32.4 Å². The Morgan fingerprint density at radius 2 is 1.90 bits per heavy atom. The van der Waals surface area contributed by atoms with E-state index in [0.717, 1.165) is 18.7 Å². The van der Waals surface area contributed by atoms with Crippen molar-refractivity contribution in [3.05, 3.63) is 29.8 Å². The van der Waals surface area contributed by atoms with Crippen LogP contribution in [0, 0.1) is 0 Å². The summed E-state index contributed by atoms with van der Waals surface area (Å²) in [6, 6.07) is 8.94. The molecule has 0 heterocycles. The van der Waals surface area contributed by atoms with Gasteiger partial charge in [-0.3, -0.25) is 0 Å². The molecule has 0 radical (unpaired) electrons. The topological polar surface area (TPSA) is 44.7 Å². The van der Waals surface area contributed by atoms with Gasteiger partial charge in [0, 0.05) is 32.4 Å². The number of hydrogen-bond donors (Lipinski definition) is 2. The molecule has 0 bridgehead atoms. The van der Waals surface area contributed by atoms with Gasteiger partial charge in [0.2, 0.25) is 0 Å². The number of nitrogens with zero attached hydrogens (tertiary/aromatic N) is 1. The fourth-order valence-corrected chi connectivity index (χ4v) is 2.37. The molecule has 114 valence electrons. The molecule has 0 aliphatic heterocycles. The second-order valence-corrected chi connectivity index (χ2v) is 5.10. The second kappa shape index (κ2) is 8.95. The second-order valence-electron chi connectivity index (χ2n) is 5.10. The number of ether oxygens (including phenoxy) is 1. The average Bonchev–Trinajstić information content (AvgIpc) is 2.45. The Balaban J connectivity index is 2.65. The number of methoxy groups -OCH3 is 1. The molecular weight excluding hydrogens is 252 g/mol. The zero-order valence-corrected chi connectivity index (χ0v) is 13.1. The number of benzene rings is 1. The lowest BCUT2D eigenvalue weighted by atomic mass is 10.0. The Hall–Kier alpha value is -1.10. The van der Waals surface area contributed by atoms with Crippen LogP contribution in [0.25, 0.3) is 0 Å². The SMILES string of the molecule is CCNC(CC)c1ccc(N(C)CC(O)COC)cc1. The number of aliphatic hydroxyl groups is 1. The Kier molecular flexibility index (Phi) is 7.59. The molecule has 4 heteroatoms. The molecule has 0 fully saturated rings. The molecule has 1 rings (SSSR count). The zero-order chi connectivity index (χ0) is 15.0. The van der Waals surface area contributed by atoms with E-state index in [0.29, 0.717) is 19.2 Å². The van der Waals surface area contributed by atoms with E-state index in [1.54, 1.807) is 7.11 Å². The Bertz CT molecular complexity index is 367. The van der Waals surface area contributed by atoms with Crippen molar-refractivity contribution in [3.63, 3.8) is 0 Å². The van der Waals surface area contributed by atoms with Crippen molar-refractivity contribution in [1.29, 1.82) is 0 Å². The number of likely N-dealkylation sites (N-methyl/N-ethyl adjacent to an activating group) is 1. The quantitative estimate of drug-likeness (QED) is 0.728. The van der Waals surface area contributed by atoms with Crippen LogP contribution in [0.1, 0.15) is 31.9 Å². The zero-order valence-electron chi connectivity index (χ0n) is 13.1. The van der Waals surface area contributed by atoms with Crippen LogP contribution in [0.3, 0.4) is 0 Å². The van der Waals surface area contributed by atoms with E-state index in [-0.39, 0.29) is 0 Å². The van der Waals surface area contributed by atoms with Crippen molar-refractivity contribution >= 4 is 5.69 Å². The predicted molar refractivity (Wildman–Crippen MR) is 84.3 cm³/mol. The summed E-state index contributed by atoms with van der Waals surface area (Å²) in [6.07, 6.45) is 0.616. The van der Waals surface area contributed by atoms with Crippen LogP contribution < -0.4 is 10.2 Å². The van der Waals surface area contributed by atoms with E-state index in [2.05, 4.69) is 43.4 Å². The first-order valence-corrected chi connectivity index (χ1v) is 7.33. The highest BCUT2D eigenvalue weighted by Gasteiger charge is 2.10. The third-order valence-electron chi connectivity index (χ3n) is 3.44. The maximum absolute atomic E-state index is 9.76. The van der Waals surface area contributed by atoms with Crippen LogP contribution in [0.4, 0.5) is 5.69 Å². The maximum Gasteiger partial charge on any atom is 0.0947 e. The van der Waals surface area contributed by atoms with E-state index in [4.69, 9.17) is 4.74 Å².